The van der Waals surface area contributed by atoms with Gasteiger partial charge in [-0.2, -0.15) is 9.40 Å². The third kappa shape index (κ3) is 3.37. The van der Waals surface area contributed by atoms with Crippen molar-refractivity contribution in [3.63, 3.8) is 0 Å². The first kappa shape index (κ1) is 18.1. The molecule has 1 amide bonds. The van der Waals surface area contributed by atoms with E-state index in [0.29, 0.717) is 39.1 Å². The molecule has 1 spiro atoms. The fourth-order valence-corrected chi connectivity index (χ4v) is 5.55. The number of hydrogen-bond donors (Lipinski definition) is 0. The molecule has 1 aromatic heterocycles. The maximum atomic E-state index is 12.9. The summed E-state index contributed by atoms with van der Waals surface area (Å²) >= 11 is 0. The number of nitrogens with zero attached hydrogens (tertiary/aromatic N) is 4. The van der Waals surface area contributed by atoms with Crippen LogP contribution in [0.1, 0.15) is 32.6 Å². The van der Waals surface area contributed by atoms with Crippen molar-refractivity contribution in [2.75, 3.05) is 26.2 Å². The van der Waals surface area contributed by atoms with Crippen LogP contribution >= 0.6 is 0 Å². The highest BCUT2D eigenvalue weighted by Crippen LogP contribution is 2.41. The maximum absolute atomic E-state index is 12.9. The smallest absolute Gasteiger partial charge is 0.260 e. The second-order valence-corrected chi connectivity index (χ2v) is 8.84. The first-order chi connectivity index (χ1) is 11.9. The molecule has 1 aromatic rings. The molecular formula is C17H26N4O3S. The molecule has 0 aliphatic carbocycles. The molecule has 2 saturated heterocycles. The quantitative estimate of drug-likeness (QED) is 0.740. The minimum atomic E-state index is -3.51. The highest BCUT2D eigenvalue weighted by Gasteiger charge is 2.43. The molecule has 0 N–H and O–H groups in total. The number of carbonyl (C=O) groups is 1. The van der Waals surface area contributed by atoms with Crippen molar-refractivity contribution in [2.24, 2.45) is 5.41 Å². The Morgan fingerprint density at radius 3 is 2.68 bits per heavy atom. The van der Waals surface area contributed by atoms with E-state index in [-0.39, 0.29) is 16.3 Å². The van der Waals surface area contributed by atoms with Crippen LogP contribution in [0.2, 0.25) is 0 Å². The Morgan fingerprint density at radius 1 is 1.32 bits per heavy atom. The van der Waals surface area contributed by atoms with Gasteiger partial charge in [0.05, 0.1) is 6.20 Å². The predicted octanol–water partition coefficient (Wildman–Crippen LogP) is 1.48. The second-order valence-electron chi connectivity index (χ2n) is 6.95. The summed E-state index contributed by atoms with van der Waals surface area (Å²) in [6.07, 6.45) is 6.24. The highest BCUT2D eigenvalue weighted by atomic mass is 32.2. The minimum absolute atomic E-state index is 0.0357. The Labute approximate surface area is 149 Å². The molecule has 138 valence electrons. The van der Waals surface area contributed by atoms with E-state index in [9.17, 15) is 13.2 Å². The van der Waals surface area contributed by atoms with E-state index in [1.807, 2.05) is 11.8 Å². The van der Waals surface area contributed by atoms with Crippen LogP contribution in [-0.4, -0.2) is 59.5 Å². The summed E-state index contributed by atoms with van der Waals surface area (Å²) in [5.41, 5.74) is 0.0357. The molecule has 8 heteroatoms. The third-order valence-corrected chi connectivity index (χ3v) is 7.38. The molecule has 0 bridgehead atoms. The van der Waals surface area contributed by atoms with E-state index in [0.717, 1.165) is 19.3 Å². The average Bonchev–Trinajstić information content (AvgIpc) is 3.09. The monoisotopic (exact) mass is 366 g/mol. The first-order valence-electron chi connectivity index (χ1n) is 8.82. The zero-order valence-electron chi connectivity index (χ0n) is 14.7. The number of aryl methyl sites for hydroxylation is 1. The lowest BCUT2D eigenvalue weighted by Gasteiger charge is -2.46. The van der Waals surface area contributed by atoms with Crippen LogP contribution in [0.4, 0.5) is 0 Å². The van der Waals surface area contributed by atoms with Crippen molar-refractivity contribution in [3.8, 4) is 0 Å². The maximum Gasteiger partial charge on any atom is 0.260 e. The number of rotatable bonds is 5. The van der Waals surface area contributed by atoms with Gasteiger partial charge in [0.1, 0.15) is 0 Å². The summed E-state index contributed by atoms with van der Waals surface area (Å²) in [5, 5.41) is 4.34. The number of hydrogen-bond acceptors (Lipinski definition) is 4. The van der Waals surface area contributed by atoms with Gasteiger partial charge in [0.25, 0.3) is 10.0 Å². The zero-order valence-corrected chi connectivity index (χ0v) is 15.5. The Hall–Kier alpha value is -1.67. The molecule has 0 aromatic carbocycles. The van der Waals surface area contributed by atoms with Crippen LogP contribution in [0.15, 0.2) is 29.9 Å². The second kappa shape index (κ2) is 6.92. The van der Waals surface area contributed by atoms with Crippen LogP contribution in [-0.2, 0) is 21.4 Å². The first-order valence-corrected chi connectivity index (χ1v) is 10.3. The average molecular weight is 366 g/mol. The molecule has 0 unspecified atom stereocenters. The topological polar surface area (TPSA) is 75.5 Å². The summed E-state index contributed by atoms with van der Waals surface area (Å²) in [6.45, 7) is 8.39. The van der Waals surface area contributed by atoms with Gasteiger partial charge >= 0.3 is 0 Å². The number of sulfonamides is 1. The van der Waals surface area contributed by atoms with Gasteiger partial charge in [0, 0.05) is 39.1 Å². The van der Waals surface area contributed by atoms with Gasteiger partial charge in [-0.1, -0.05) is 6.08 Å². The number of amides is 1. The zero-order chi connectivity index (χ0) is 18.1. The predicted molar refractivity (Wildman–Crippen MR) is 94.3 cm³/mol. The van der Waals surface area contributed by atoms with Crippen molar-refractivity contribution in [2.45, 2.75) is 44.2 Å². The fourth-order valence-electron chi connectivity index (χ4n) is 3.94. The van der Waals surface area contributed by atoms with Gasteiger partial charge in [0.15, 0.2) is 5.03 Å². The van der Waals surface area contributed by atoms with Gasteiger partial charge in [0.2, 0.25) is 5.91 Å². The summed E-state index contributed by atoms with van der Waals surface area (Å²) in [6, 6.07) is 1.56. The SMILES string of the molecule is C=CCN1CC2(CCC1=O)CCN(S(=O)(=O)c1ccnn1CC)CC2. The number of carbonyl (C=O) groups excluding carboxylic acids is 1. The van der Waals surface area contributed by atoms with Crippen LogP contribution < -0.4 is 0 Å². The lowest BCUT2D eigenvalue weighted by molar-refractivity contribution is -0.138. The lowest BCUT2D eigenvalue weighted by atomic mass is 9.73. The molecule has 2 fully saturated rings. The van der Waals surface area contributed by atoms with E-state index < -0.39 is 10.0 Å². The summed E-state index contributed by atoms with van der Waals surface area (Å²) in [5.74, 6) is 0.174. The third-order valence-electron chi connectivity index (χ3n) is 5.46. The lowest BCUT2D eigenvalue weighted by Crippen LogP contribution is -2.52. The molecular weight excluding hydrogens is 340 g/mol. The minimum Gasteiger partial charge on any atom is -0.338 e. The number of piperidine rings is 2. The largest absolute Gasteiger partial charge is 0.338 e. The Kier molecular flexibility index (Phi) is 5.02. The molecule has 0 atom stereocenters. The molecule has 0 radical (unpaired) electrons. The molecule has 2 aliphatic heterocycles. The van der Waals surface area contributed by atoms with Crippen LogP contribution in [0, 0.1) is 5.41 Å². The van der Waals surface area contributed by atoms with Crippen molar-refractivity contribution >= 4 is 15.9 Å². The Morgan fingerprint density at radius 2 is 2.04 bits per heavy atom. The number of aromatic nitrogens is 2. The van der Waals surface area contributed by atoms with E-state index >= 15 is 0 Å². The van der Waals surface area contributed by atoms with Crippen molar-refractivity contribution in [3.05, 3.63) is 24.9 Å². The number of likely N-dealkylation sites (tertiary alicyclic amines) is 1. The molecule has 3 rings (SSSR count). The molecule has 2 aliphatic rings. The van der Waals surface area contributed by atoms with E-state index in [1.54, 1.807) is 16.4 Å². The Balaban J connectivity index is 1.71. The van der Waals surface area contributed by atoms with E-state index in [1.165, 1.54) is 10.9 Å². The van der Waals surface area contributed by atoms with Crippen LogP contribution in [0.5, 0.6) is 0 Å². The van der Waals surface area contributed by atoms with Gasteiger partial charge in [-0.25, -0.2) is 8.42 Å². The molecule has 3 heterocycles. The molecule has 25 heavy (non-hydrogen) atoms. The molecule has 7 nitrogen and oxygen atoms in total. The Bertz CT molecular complexity index is 748. The van der Waals surface area contributed by atoms with Crippen molar-refractivity contribution in [1.82, 2.24) is 19.0 Å². The van der Waals surface area contributed by atoms with Gasteiger partial charge in [-0.3, -0.25) is 9.48 Å². The van der Waals surface area contributed by atoms with Gasteiger partial charge < -0.3 is 4.90 Å². The van der Waals surface area contributed by atoms with Crippen molar-refractivity contribution < 1.29 is 13.2 Å². The van der Waals surface area contributed by atoms with Gasteiger partial charge in [-0.05, 0) is 37.7 Å². The summed E-state index contributed by atoms with van der Waals surface area (Å²) in [7, 11) is -3.51. The fraction of sp³-hybridized carbons (Fsp3) is 0.647. The van der Waals surface area contributed by atoms with Crippen LogP contribution in [0.3, 0.4) is 0 Å². The van der Waals surface area contributed by atoms with E-state index in [2.05, 4.69) is 11.7 Å². The van der Waals surface area contributed by atoms with E-state index in [4.69, 9.17) is 0 Å². The highest BCUT2D eigenvalue weighted by molar-refractivity contribution is 7.89. The normalized spacial score (nSPS) is 21.6. The standard InChI is InChI=1S/C17H26N4O3S/c1-3-11-19-14-17(7-5-15(19)22)8-12-20(13-9-17)25(23,24)16-6-10-18-21(16)4-2/h3,6,10H,1,4-5,7-9,11-14H2,2H3. The summed E-state index contributed by atoms with van der Waals surface area (Å²) < 4.78 is 28.9. The van der Waals surface area contributed by atoms with Crippen LogP contribution in [0.25, 0.3) is 0 Å². The van der Waals surface area contributed by atoms with Gasteiger partial charge in [-0.15, -0.1) is 6.58 Å². The summed E-state index contributed by atoms with van der Waals surface area (Å²) in [4.78, 5) is 13.9. The molecule has 0 saturated carbocycles. The van der Waals surface area contributed by atoms with Crippen molar-refractivity contribution in [1.29, 1.82) is 0 Å².